The van der Waals surface area contributed by atoms with E-state index in [1.54, 1.807) is 6.26 Å². The van der Waals surface area contributed by atoms with Gasteiger partial charge in [0.15, 0.2) is 5.96 Å². The number of rotatable bonds is 5. The van der Waals surface area contributed by atoms with Crippen molar-refractivity contribution in [2.75, 3.05) is 26.2 Å². The molecule has 1 N–H and O–H groups in total. The first-order chi connectivity index (χ1) is 10.1. The first-order valence-corrected chi connectivity index (χ1v) is 7.85. The lowest BCUT2D eigenvalue weighted by molar-refractivity contribution is 0.266. The maximum absolute atomic E-state index is 5.37. The summed E-state index contributed by atoms with van der Waals surface area (Å²) in [6, 6.07) is 3.94. The molecular formula is C17H27N3O. The number of furan rings is 1. The fraction of sp³-hybridized carbons (Fsp3) is 0.588. The Bertz CT molecular complexity index is 464. The van der Waals surface area contributed by atoms with Gasteiger partial charge in [0, 0.05) is 26.1 Å². The summed E-state index contributed by atoms with van der Waals surface area (Å²) in [5.74, 6) is 2.76. The monoisotopic (exact) mass is 289 g/mol. The first kappa shape index (κ1) is 15.7. The molecule has 116 valence electrons. The molecule has 0 radical (unpaired) electrons. The van der Waals surface area contributed by atoms with Gasteiger partial charge in [0.2, 0.25) is 0 Å². The van der Waals surface area contributed by atoms with Crippen LogP contribution in [-0.4, -0.2) is 37.0 Å². The van der Waals surface area contributed by atoms with Crippen LogP contribution in [0.25, 0.3) is 0 Å². The molecule has 1 unspecified atom stereocenters. The van der Waals surface area contributed by atoms with Gasteiger partial charge in [0.05, 0.1) is 12.8 Å². The van der Waals surface area contributed by atoms with Crippen molar-refractivity contribution >= 4 is 5.96 Å². The maximum Gasteiger partial charge on any atom is 0.194 e. The summed E-state index contributed by atoms with van der Waals surface area (Å²) in [7, 11) is 0. The fourth-order valence-electron chi connectivity index (χ4n) is 2.61. The predicted molar refractivity (Wildman–Crippen MR) is 87.5 cm³/mol. The molecule has 2 heterocycles. The van der Waals surface area contributed by atoms with Gasteiger partial charge < -0.3 is 14.6 Å². The smallest absolute Gasteiger partial charge is 0.194 e. The van der Waals surface area contributed by atoms with E-state index in [1.807, 2.05) is 19.1 Å². The Kier molecular flexibility index (Phi) is 5.90. The second-order valence-corrected chi connectivity index (χ2v) is 6.05. The van der Waals surface area contributed by atoms with Crippen molar-refractivity contribution in [3.05, 3.63) is 36.3 Å². The highest BCUT2D eigenvalue weighted by molar-refractivity contribution is 5.80. The maximum atomic E-state index is 5.37. The summed E-state index contributed by atoms with van der Waals surface area (Å²) in [5.41, 5.74) is 1.09. The van der Waals surface area contributed by atoms with E-state index in [1.165, 1.54) is 12.8 Å². The van der Waals surface area contributed by atoms with Crippen LogP contribution in [0, 0.1) is 5.92 Å². The van der Waals surface area contributed by atoms with Gasteiger partial charge in [0.25, 0.3) is 0 Å². The van der Waals surface area contributed by atoms with Gasteiger partial charge in [-0.05, 0) is 37.8 Å². The molecule has 21 heavy (non-hydrogen) atoms. The molecular weight excluding hydrogens is 262 g/mol. The van der Waals surface area contributed by atoms with Crippen molar-refractivity contribution in [3.63, 3.8) is 0 Å². The lowest BCUT2D eigenvalue weighted by Crippen LogP contribution is -2.46. The zero-order chi connectivity index (χ0) is 15.1. The number of guanidine groups is 1. The Morgan fingerprint density at radius 3 is 3.10 bits per heavy atom. The third-order valence-corrected chi connectivity index (χ3v) is 3.69. The average Bonchev–Trinajstić information content (AvgIpc) is 2.95. The normalized spacial score (nSPS) is 19.6. The lowest BCUT2D eigenvalue weighted by Gasteiger charge is -2.33. The number of hydrogen-bond acceptors (Lipinski definition) is 2. The molecule has 4 nitrogen and oxygen atoms in total. The summed E-state index contributed by atoms with van der Waals surface area (Å²) in [6.45, 7) is 12.0. The molecule has 2 rings (SSSR count). The first-order valence-electron chi connectivity index (χ1n) is 7.85. The van der Waals surface area contributed by atoms with Gasteiger partial charge in [-0.15, -0.1) is 0 Å². The molecule has 0 saturated carbocycles. The van der Waals surface area contributed by atoms with Gasteiger partial charge in [-0.25, -0.2) is 4.99 Å². The van der Waals surface area contributed by atoms with Crippen molar-refractivity contribution in [2.24, 2.45) is 10.9 Å². The van der Waals surface area contributed by atoms with E-state index in [4.69, 9.17) is 9.41 Å². The molecule has 0 amide bonds. The van der Waals surface area contributed by atoms with E-state index in [0.717, 1.165) is 49.3 Å². The van der Waals surface area contributed by atoms with Gasteiger partial charge in [-0.2, -0.15) is 0 Å². The van der Waals surface area contributed by atoms with Crippen LogP contribution in [0.5, 0.6) is 0 Å². The van der Waals surface area contributed by atoms with Gasteiger partial charge >= 0.3 is 0 Å². The highest BCUT2D eigenvalue weighted by Gasteiger charge is 2.19. The number of piperidine rings is 1. The van der Waals surface area contributed by atoms with Crippen LogP contribution in [0.3, 0.4) is 0 Å². The van der Waals surface area contributed by atoms with Crippen molar-refractivity contribution in [1.29, 1.82) is 0 Å². The molecule has 0 aliphatic carbocycles. The van der Waals surface area contributed by atoms with E-state index in [0.29, 0.717) is 6.54 Å². The highest BCUT2D eigenvalue weighted by Crippen LogP contribution is 2.15. The van der Waals surface area contributed by atoms with E-state index in [2.05, 4.69) is 23.7 Å². The molecule has 0 bridgehead atoms. The van der Waals surface area contributed by atoms with Crippen molar-refractivity contribution < 1.29 is 4.42 Å². The second-order valence-electron chi connectivity index (χ2n) is 6.05. The molecule has 1 aromatic heterocycles. The average molecular weight is 289 g/mol. The van der Waals surface area contributed by atoms with Gasteiger partial charge in [-0.1, -0.05) is 19.1 Å². The predicted octanol–water partition coefficient (Wildman–Crippen LogP) is 3.08. The number of hydrogen-bond donors (Lipinski definition) is 1. The summed E-state index contributed by atoms with van der Waals surface area (Å²) in [6.07, 6.45) is 5.16. The Labute approximate surface area is 127 Å². The third kappa shape index (κ3) is 5.29. The molecule has 4 heteroatoms. The minimum Gasteiger partial charge on any atom is -0.469 e. The molecule has 1 aliphatic rings. The SMILES string of the molecule is C=C(C)CN=C(NCCc1ccco1)N1CCCC(C)C1. The minimum atomic E-state index is 0.688. The number of aliphatic imine (C=N–C) groups is 1. The Hall–Kier alpha value is -1.71. The second kappa shape index (κ2) is 7.91. The van der Waals surface area contributed by atoms with Crippen LogP contribution in [0.4, 0.5) is 0 Å². The molecule has 1 aromatic rings. The van der Waals surface area contributed by atoms with Crippen molar-refractivity contribution in [3.8, 4) is 0 Å². The molecule has 0 spiro atoms. The van der Waals surface area contributed by atoms with Crippen LogP contribution in [0.2, 0.25) is 0 Å². The highest BCUT2D eigenvalue weighted by atomic mass is 16.3. The van der Waals surface area contributed by atoms with E-state index in [-0.39, 0.29) is 0 Å². The molecule has 1 aliphatic heterocycles. The molecule has 0 aromatic carbocycles. The Morgan fingerprint density at radius 2 is 2.43 bits per heavy atom. The summed E-state index contributed by atoms with van der Waals surface area (Å²) in [4.78, 5) is 7.08. The summed E-state index contributed by atoms with van der Waals surface area (Å²) < 4.78 is 5.37. The van der Waals surface area contributed by atoms with E-state index < -0.39 is 0 Å². The Morgan fingerprint density at radius 1 is 1.57 bits per heavy atom. The standard InChI is InChI=1S/C17H27N3O/c1-14(2)12-19-17(20-10-4-6-15(3)13-20)18-9-8-16-7-5-11-21-16/h5,7,11,15H,1,4,6,8-10,12-13H2,2-3H3,(H,18,19). The number of nitrogens with zero attached hydrogens (tertiary/aromatic N) is 2. The van der Waals surface area contributed by atoms with E-state index >= 15 is 0 Å². The van der Waals surface area contributed by atoms with Crippen LogP contribution in [0.15, 0.2) is 40.0 Å². The van der Waals surface area contributed by atoms with Crippen LogP contribution < -0.4 is 5.32 Å². The third-order valence-electron chi connectivity index (χ3n) is 3.69. The molecule has 1 fully saturated rings. The van der Waals surface area contributed by atoms with Crippen LogP contribution in [-0.2, 0) is 6.42 Å². The van der Waals surface area contributed by atoms with E-state index in [9.17, 15) is 0 Å². The zero-order valence-corrected chi connectivity index (χ0v) is 13.3. The summed E-state index contributed by atoms with van der Waals surface area (Å²) in [5, 5.41) is 3.48. The van der Waals surface area contributed by atoms with Crippen molar-refractivity contribution in [1.82, 2.24) is 10.2 Å². The molecule has 1 saturated heterocycles. The fourth-order valence-corrected chi connectivity index (χ4v) is 2.61. The quantitative estimate of drug-likeness (QED) is 0.514. The van der Waals surface area contributed by atoms with Gasteiger partial charge in [-0.3, -0.25) is 0 Å². The topological polar surface area (TPSA) is 40.8 Å². The minimum absolute atomic E-state index is 0.688. The summed E-state index contributed by atoms with van der Waals surface area (Å²) >= 11 is 0. The number of likely N-dealkylation sites (tertiary alicyclic amines) is 1. The van der Waals surface area contributed by atoms with Crippen LogP contribution in [0.1, 0.15) is 32.4 Å². The number of nitrogens with one attached hydrogen (secondary N) is 1. The zero-order valence-electron chi connectivity index (χ0n) is 13.3. The largest absolute Gasteiger partial charge is 0.469 e. The molecule has 1 atom stereocenters. The van der Waals surface area contributed by atoms with Gasteiger partial charge in [0.1, 0.15) is 5.76 Å². The lowest BCUT2D eigenvalue weighted by atomic mass is 10.0. The van der Waals surface area contributed by atoms with Crippen molar-refractivity contribution in [2.45, 2.75) is 33.1 Å². The Balaban J connectivity index is 1.91. The van der Waals surface area contributed by atoms with Crippen LogP contribution >= 0.6 is 0 Å².